The minimum Gasteiger partial charge on any atom is -0.460 e. The van der Waals surface area contributed by atoms with Crippen molar-refractivity contribution in [1.82, 2.24) is 0 Å². The van der Waals surface area contributed by atoms with Gasteiger partial charge < -0.3 is 9.64 Å². The van der Waals surface area contributed by atoms with Crippen molar-refractivity contribution >= 4 is 34.4 Å². The minimum absolute atomic E-state index is 0.0794. The number of benzene rings is 3. The summed E-state index contributed by atoms with van der Waals surface area (Å²) in [6, 6.07) is 18.1. The van der Waals surface area contributed by atoms with Crippen LogP contribution in [0.15, 0.2) is 77.0 Å². The fourth-order valence-electron chi connectivity index (χ4n) is 3.21. The van der Waals surface area contributed by atoms with Crippen LogP contribution in [0, 0.1) is 37.4 Å². The molecule has 12 nitrogen and oxygen atoms in total. The quantitative estimate of drug-likeness (QED) is 0.140. The molecule has 3 rings (SSSR count). The van der Waals surface area contributed by atoms with Gasteiger partial charge in [0.15, 0.2) is 5.69 Å². The Morgan fingerprint density at radius 2 is 1.65 bits per heavy atom. The number of nitrogens with zero attached hydrogens (tertiary/aromatic N) is 6. The molecule has 188 valence electrons. The van der Waals surface area contributed by atoms with Crippen LogP contribution in [-0.4, -0.2) is 35.5 Å². The number of nitro benzene ring substituents is 2. The molecule has 0 saturated carbocycles. The van der Waals surface area contributed by atoms with Gasteiger partial charge in [0, 0.05) is 18.3 Å². The number of azo groups is 1. The third-order valence-electron chi connectivity index (χ3n) is 5.02. The van der Waals surface area contributed by atoms with Gasteiger partial charge in [-0.25, -0.2) is 4.79 Å². The number of halogens is 1. The molecule has 0 heterocycles. The van der Waals surface area contributed by atoms with Crippen molar-refractivity contribution in [2.75, 3.05) is 24.6 Å². The number of anilines is 1. The summed E-state index contributed by atoms with van der Waals surface area (Å²) in [5, 5.41) is 38.6. The number of nitriles is 1. The van der Waals surface area contributed by atoms with Crippen LogP contribution in [0.5, 0.6) is 0 Å². The zero-order valence-electron chi connectivity index (χ0n) is 19.2. The fourth-order valence-corrected chi connectivity index (χ4v) is 3.21. The van der Waals surface area contributed by atoms with Crippen molar-refractivity contribution < 1.29 is 23.8 Å². The Balaban J connectivity index is 1.71. The lowest BCUT2D eigenvalue weighted by Crippen LogP contribution is -2.29. The third kappa shape index (κ3) is 7.12. The molecule has 0 aliphatic carbocycles. The summed E-state index contributed by atoms with van der Waals surface area (Å²) in [4.78, 5) is 34.1. The average Bonchev–Trinajstić information content (AvgIpc) is 2.89. The van der Waals surface area contributed by atoms with Gasteiger partial charge in [0.05, 0.1) is 46.2 Å². The first-order valence-corrected chi connectivity index (χ1v) is 10.8. The number of hydrogen-bond acceptors (Lipinski definition) is 10. The van der Waals surface area contributed by atoms with Crippen LogP contribution in [0.3, 0.4) is 0 Å². The van der Waals surface area contributed by atoms with E-state index in [1.165, 1.54) is 0 Å². The van der Waals surface area contributed by atoms with Gasteiger partial charge in [0.2, 0.25) is 5.82 Å². The summed E-state index contributed by atoms with van der Waals surface area (Å²) in [6.07, 6.45) is 0.226. The highest BCUT2D eigenvalue weighted by Crippen LogP contribution is 2.35. The Hall–Kier alpha value is -5.25. The molecule has 0 radical (unpaired) electrons. The van der Waals surface area contributed by atoms with E-state index in [1.807, 2.05) is 4.90 Å². The number of rotatable bonds is 11. The second-order valence-corrected chi connectivity index (χ2v) is 7.42. The fraction of sp³-hybridized carbons (Fsp3) is 0.167. The predicted octanol–water partition coefficient (Wildman–Crippen LogP) is 5.63. The van der Waals surface area contributed by atoms with E-state index >= 15 is 0 Å². The van der Waals surface area contributed by atoms with Gasteiger partial charge in [-0.15, -0.1) is 5.11 Å². The first kappa shape index (κ1) is 26.4. The van der Waals surface area contributed by atoms with E-state index in [4.69, 9.17) is 10.00 Å². The molecule has 0 bridgehead atoms. The second-order valence-electron chi connectivity index (χ2n) is 7.42. The largest absolute Gasteiger partial charge is 0.460 e. The number of carbonyl (C=O) groups is 1. The predicted molar refractivity (Wildman–Crippen MR) is 129 cm³/mol. The van der Waals surface area contributed by atoms with Crippen LogP contribution in [0.25, 0.3) is 0 Å². The van der Waals surface area contributed by atoms with Crippen LogP contribution in [0.4, 0.5) is 32.8 Å². The van der Waals surface area contributed by atoms with Crippen LogP contribution in [0.1, 0.15) is 16.8 Å². The molecule has 0 aliphatic rings. The summed E-state index contributed by atoms with van der Waals surface area (Å²) in [6.45, 7) is 0.764. The summed E-state index contributed by atoms with van der Waals surface area (Å²) >= 11 is 0. The van der Waals surface area contributed by atoms with Crippen LogP contribution in [-0.2, 0) is 4.74 Å². The Morgan fingerprint density at radius 3 is 2.27 bits per heavy atom. The molecular formula is C24H19FN6O6. The zero-order valence-corrected chi connectivity index (χ0v) is 19.2. The maximum atomic E-state index is 13.9. The van der Waals surface area contributed by atoms with Gasteiger partial charge in [-0.1, -0.05) is 18.2 Å². The molecule has 0 aromatic heterocycles. The van der Waals surface area contributed by atoms with Crippen molar-refractivity contribution in [3.8, 4) is 6.07 Å². The maximum absolute atomic E-state index is 13.9. The third-order valence-corrected chi connectivity index (χ3v) is 5.02. The first-order valence-electron chi connectivity index (χ1n) is 10.8. The Morgan fingerprint density at radius 1 is 0.973 bits per heavy atom. The highest BCUT2D eigenvalue weighted by atomic mass is 19.1. The summed E-state index contributed by atoms with van der Waals surface area (Å²) < 4.78 is 19.2. The van der Waals surface area contributed by atoms with Crippen LogP contribution in [0.2, 0.25) is 0 Å². The highest BCUT2D eigenvalue weighted by Gasteiger charge is 2.25. The lowest BCUT2D eigenvalue weighted by atomic mass is 10.2. The molecule has 0 saturated heterocycles. The van der Waals surface area contributed by atoms with E-state index in [9.17, 15) is 29.4 Å². The Kier molecular flexibility index (Phi) is 8.87. The molecular weight excluding hydrogens is 487 g/mol. The standard InChI is InChI=1S/C24H19FN6O6/c25-20-15-21(23(31(35)36)16-22(20)30(33)34)28-27-18-7-9-19(10-8-18)29(12-4-11-26)13-14-37-24(32)17-5-2-1-3-6-17/h1-3,5-10,15-16H,4,12-14H2/b28-27+. The molecule has 0 unspecified atom stereocenters. The zero-order chi connectivity index (χ0) is 26.8. The Bertz CT molecular complexity index is 1360. The number of hydrogen-bond donors (Lipinski definition) is 0. The molecule has 0 N–H and O–H groups in total. The molecule has 0 fully saturated rings. The van der Waals surface area contributed by atoms with Crippen LogP contribution < -0.4 is 4.90 Å². The summed E-state index contributed by atoms with van der Waals surface area (Å²) in [7, 11) is 0. The van der Waals surface area contributed by atoms with E-state index in [2.05, 4.69) is 16.3 Å². The number of esters is 1. The van der Waals surface area contributed by atoms with E-state index in [0.29, 0.717) is 36.5 Å². The van der Waals surface area contributed by atoms with E-state index in [-0.39, 0.29) is 18.7 Å². The normalized spacial score (nSPS) is 10.6. The van der Waals surface area contributed by atoms with Gasteiger partial charge in [0.1, 0.15) is 6.61 Å². The molecule has 37 heavy (non-hydrogen) atoms. The van der Waals surface area contributed by atoms with Crippen molar-refractivity contribution in [2.45, 2.75) is 6.42 Å². The van der Waals surface area contributed by atoms with Gasteiger partial charge in [-0.3, -0.25) is 20.2 Å². The lowest BCUT2D eigenvalue weighted by molar-refractivity contribution is -0.395. The van der Waals surface area contributed by atoms with Crippen molar-refractivity contribution in [3.63, 3.8) is 0 Å². The smallest absolute Gasteiger partial charge is 0.338 e. The molecule has 0 spiro atoms. The molecule has 3 aromatic rings. The molecule has 0 aliphatic heterocycles. The number of nitro groups is 2. The second kappa shape index (κ2) is 12.5. The SMILES string of the molecule is N#CCCN(CCOC(=O)c1ccccc1)c1ccc(/N=N/c2cc(F)c([N+](=O)[O-])cc2[N+](=O)[O-])cc1. The van der Waals surface area contributed by atoms with Gasteiger partial charge in [0.25, 0.3) is 0 Å². The molecule has 0 atom stereocenters. The molecule has 3 aromatic carbocycles. The van der Waals surface area contributed by atoms with E-state index in [0.717, 1.165) is 0 Å². The molecule has 0 amide bonds. The number of ether oxygens (including phenoxy) is 1. The Labute approximate surface area is 209 Å². The highest BCUT2D eigenvalue weighted by molar-refractivity contribution is 5.89. The monoisotopic (exact) mass is 506 g/mol. The van der Waals surface area contributed by atoms with Gasteiger partial charge in [-0.2, -0.15) is 14.8 Å². The van der Waals surface area contributed by atoms with Crippen molar-refractivity contribution in [2.24, 2.45) is 10.2 Å². The van der Waals surface area contributed by atoms with E-state index in [1.54, 1.807) is 54.6 Å². The van der Waals surface area contributed by atoms with Gasteiger partial charge in [-0.05, 0) is 36.4 Å². The number of carbonyl (C=O) groups excluding carboxylic acids is 1. The van der Waals surface area contributed by atoms with Crippen molar-refractivity contribution in [1.29, 1.82) is 5.26 Å². The first-order chi connectivity index (χ1) is 17.8. The minimum atomic E-state index is -1.28. The van der Waals surface area contributed by atoms with E-state index < -0.39 is 38.7 Å². The topological polar surface area (TPSA) is 164 Å². The van der Waals surface area contributed by atoms with Crippen LogP contribution >= 0.6 is 0 Å². The summed E-state index contributed by atoms with van der Waals surface area (Å²) in [5.41, 5.74) is -0.894. The maximum Gasteiger partial charge on any atom is 0.338 e. The molecule has 13 heteroatoms. The van der Waals surface area contributed by atoms with Crippen molar-refractivity contribution in [3.05, 3.63) is 98.3 Å². The average molecular weight is 506 g/mol. The summed E-state index contributed by atoms with van der Waals surface area (Å²) in [5.74, 6) is -1.74. The lowest BCUT2D eigenvalue weighted by Gasteiger charge is -2.23. The van der Waals surface area contributed by atoms with Gasteiger partial charge >= 0.3 is 17.3 Å².